The van der Waals surface area contributed by atoms with Gasteiger partial charge in [0.1, 0.15) is 5.75 Å². The number of ether oxygens (including phenoxy) is 1. The van der Waals surface area contributed by atoms with Crippen molar-refractivity contribution in [1.29, 1.82) is 0 Å². The lowest BCUT2D eigenvalue weighted by Crippen LogP contribution is -2.29. The molecule has 1 amide bonds. The molecule has 0 bridgehead atoms. The SMILES string of the molecule is CCCCNC(=O)COc1c(C)cc(CCN)cc1C. The first kappa shape index (κ1) is 16.5. The third kappa shape index (κ3) is 5.21. The maximum Gasteiger partial charge on any atom is 0.257 e. The molecule has 0 saturated carbocycles. The topological polar surface area (TPSA) is 64.3 Å². The Hall–Kier alpha value is -1.55. The van der Waals surface area contributed by atoms with E-state index in [1.54, 1.807) is 0 Å². The van der Waals surface area contributed by atoms with Gasteiger partial charge in [0, 0.05) is 6.54 Å². The van der Waals surface area contributed by atoms with Crippen molar-refractivity contribution in [2.75, 3.05) is 19.7 Å². The minimum Gasteiger partial charge on any atom is -0.483 e. The van der Waals surface area contributed by atoms with Crippen LogP contribution in [0.15, 0.2) is 12.1 Å². The Morgan fingerprint density at radius 3 is 2.50 bits per heavy atom. The zero-order valence-electron chi connectivity index (χ0n) is 12.8. The van der Waals surface area contributed by atoms with Gasteiger partial charge in [0.2, 0.25) is 0 Å². The average Bonchev–Trinajstić information content (AvgIpc) is 2.38. The summed E-state index contributed by atoms with van der Waals surface area (Å²) in [6, 6.07) is 4.15. The fraction of sp³-hybridized carbons (Fsp3) is 0.562. The van der Waals surface area contributed by atoms with Crippen LogP contribution in [0.4, 0.5) is 0 Å². The number of nitrogens with two attached hydrogens (primary N) is 1. The Bertz CT molecular complexity index is 421. The molecule has 0 fully saturated rings. The van der Waals surface area contributed by atoms with E-state index >= 15 is 0 Å². The van der Waals surface area contributed by atoms with Gasteiger partial charge in [-0.15, -0.1) is 0 Å². The maximum atomic E-state index is 11.6. The predicted molar refractivity (Wildman–Crippen MR) is 82.1 cm³/mol. The molecule has 1 aromatic rings. The van der Waals surface area contributed by atoms with Crippen LogP contribution >= 0.6 is 0 Å². The van der Waals surface area contributed by atoms with Gasteiger partial charge in [-0.25, -0.2) is 0 Å². The molecule has 0 saturated heterocycles. The van der Waals surface area contributed by atoms with E-state index in [0.717, 1.165) is 36.1 Å². The lowest BCUT2D eigenvalue weighted by molar-refractivity contribution is -0.123. The highest BCUT2D eigenvalue weighted by Crippen LogP contribution is 2.24. The second-order valence-corrected chi connectivity index (χ2v) is 5.09. The predicted octanol–water partition coefficient (Wildman–Crippen LogP) is 2.10. The van der Waals surface area contributed by atoms with Crippen LogP contribution in [0.3, 0.4) is 0 Å². The van der Waals surface area contributed by atoms with Crippen LogP contribution in [0.5, 0.6) is 5.75 Å². The highest BCUT2D eigenvalue weighted by Gasteiger charge is 2.08. The van der Waals surface area contributed by atoms with E-state index in [0.29, 0.717) is 13.1 Å². The van der Waals surface area contributed by atoms with Gasteiger partial charge >= 0.3 is 0 Å². The lowest BCUT2D eigenvalue weighted by atomic mass is 10.0. The number of benzene rings is 1. The summed E-state index contributed by atoms with van der Waals surface area (Å²) >= 11 is 0. The van der Waals surface area contributed by atoms with E-state index < -0.39 is 0 Å². The molecule has 112 valence electrons. The number of hydrogen-bond donors (Lipinski definition) is 2. The van der Waals surface area contributed by atoms with E-state index in [4.69, 9.17) is 10.5 Å². The Balaban J connectivity index is 2.57. The summed E-state index contributed by atoms with van der Waals surface area (Å²) in [6.45, 7) is 7.51. The molecule has 0 aliphatic carbocycles. The molecule has 0 aliphatic heterocycles. The van der Waals surface area contributed by atoms with Crippen molar-refractivity contribution in [3.63, 3.8) is 0 Å². The molecule has 0 aliphatic rings. The molecule has 0 radical (unpaired) electrons. The zero-order chi connectivity index (χ0) is 15.0. The highest BCUT2D eigenvalue weighted by molar-refractivity contribution is 5.77. The van der Waals surface area contributed by atoms with Crippen molar-refractivity contribution in [3.8, 4) is 5.75 Å². The summed E-state index contributed by atoms with van der Waals surface area (Å²) in [5.41, 5.74) is 8.88. The molecule has 0 heterocycles. The number of unbranched alkanes of at least 4 members (excludes halogenated alkanes) is 1. The highest BCUT2D eigenvalue weighted by atomic mass is 16.5. The molecule has 3 N–H and O–H groups in total. The molecular weight excluding hydrogens is 252 g/mol. The van der Waals surface area contributed by atoms with Crippen molar-refractivity contribution in [1.82, 2.24) is 5.32 Å². The Kier molecular flexibility index (Phi) is 7.09. The number of aryl methyl sites for hydroxylation is 2. The summed E-state index contributed by atoms with van der Waals surface area (Å²) in [5.74, 6) is 0.736. The third-order valence-corrected chi connectivity index (χ3v) is 3.15. The average molecular weight is 278 g/mol. The van der Waals surface area contributed by atoms with Crippen LogP contribution in [-0.2, 0) is 11.2 Å². The van der Waals surface area contributed by atoms with Gasteiger partial charge in [-0.05, 0) is 49.9 Å². The summed E-state index contributed by atoms with van der Waals surface area (Å²) in [4.78, 5) is 11.6. The van der Waals surface area contributed by atoms with Crippen molar-refractivity contribution in [2.24, 2.45) is 5.73 Å². The molecule has 4 heteroatoms. The van der Waals surface area contributed by atoms with E-state index in [-0.39, 0.29) is 12.5 Å². The third-order valence-electron chi connectivity index (χ3n) is 3.15. The molecule has 4 nitrogen and oxygen atoms in total. The van der Waals surface area contributed by atoms with E-state index in [1.807, 2.05) is 13.8 Å². The van der Waals surface area contributed by atoms with Crippen LogP contribution in [0.25, 0.3) is 0 Å². The number of nitrogens with one attached hydrogen (secondary N) is 1. The summed E-state index contributed by atoms with van der Waals surface area (Å²) in [7, 11) is 0. The van der Waals surface area contributed by atoms with Gasteiger partial charge in [-0.1, -0.05) is 25.5 Å². The van der Waals surface area contributed by atoms with Gasteiger partial charge in [-0.2, -0.15) is 0 Å². The number of carbonyl (C=O) groups excluding carboxylic acids is 1. The molecule has 0 spiro atoms. The zero-order valence-corrected chi connectivity index (χ0v) is 12.8. The minimum atomic E-state index is -0.0664. The van der Waals surface area contributed by atoms with Gasteiger partial charge in [0.05, 0.1) is 0 Å². The van der Waals surface area contributed by atoms with Crippen molar-refractivity contribution >= 4 is 5.91 Å². The van der Waals surface area contributed by atoms with Crippen molar-refractivity contribution < 1.29 is 9.53 Å². The summed E-state index contributed by atoms with van der Waals surface area (Å²) in [5, 5.41) is 2.84. The quantitative estimate of drug-likeness (QED) is 0.716. The molecule has 0 aromatic heterocycles. The van der Waals surface area contributed by atoms with Gasteiger partial charge in [0.25, 0.3) is 5.91 Å². The molecular formula is C16H26N2O2. The number of amides is 1. The summed E-state index contributed by atoms with van der Waals surface area (Å²) < 4.78 is 5.65. The van der Waals surface area contributed by atoms with Crippen molar-refractivity contribution in [3.05, 3.63) is 28.8 Å². The molecule has 1 rings (SSSR count). The lowest BCUT2D eigenvalue weighted by Gasteiger charge is -2.14. The number of rotatable bonds is 8. The standard InChI is InChI=1S/C16H26N2O2/c1-4-5-8-18-15(19)11-20-16-12(2)9-14(6-7-17)10-13(16)3/h9-10H,4-8,11,17H2,1-3H3,(H,18,19). The van der Waals surface area contributed by atoms with E-state index in [9.17, 15) is 4.79 Å². The van der Waals surface area contributed by atoms with Gasteiger partial charge in [-0.3, -0.25) is 4.79 Å². The van der Waals surface area contributed by atoms with Crippen molar-refractivity contribution in [2.45, 2.75) is 40.0 Å². The van der Waals surface area contributed by atoms with Gasteiger partial charge in [0.15, 0.2) is 6.61 Å². The Morgan fingerprint density at radius 1 is 1.30 bits per heavy atom. The fourth-order valence-electron chi connectivity index (χ4n) is 2.17. The van der Waals surface area contributed by atoms with Crippen LogP contribution in [0, 0.1) is 13.8 Å². The Labute approximate surface area is 121 Å². The first-order valence-electron chi connectivity index (χ1n) is 7.28. The van der Waals surface area contributed by atoms with E-state index in [2.05, 4.69) is 24.4 Å². The Morgan fingerprint density at radius 2 is 1.95 bits per heavy atom. The van der Waals surface area contributed by atoms with Crippen LogP contribution in [-0.4, -0.2) is 25.6 Å². The molecule has 0 unspecified atom stereocenters. The number of carbonyl (C=O) groups is 1. The fourth-order valence-corrected chi connectivity index (χ4v) is 2.17. The second-order valence-electron chi connectivity index (χ2n) is 5.09. The minimum absolute atomic E-state index is 0.0664. The largest absolute Gasteiger partial charge is 0.483 e. The first-order chi connectivity index (χ1) is 9.58. The first-order valence-corrected chi connectivity index (χ1v) is 7.28. The molecule has 20 heavy (non-hydrogen) atoms. The van der Waals surface area contributed by atoms with Crippen LogP contribution in [0.1, 0.15) is 36.5 Å². The summed E-state index contributed by atoms with van der Waals surface area (Å²) in [6.07, 6.45) is 2.93. The van der Waals surface area contributed by atoms with Gasteiger partial charge < -0.3 is 15.8 Å². The molecule has 1 aromatic carbocycles. The monoisotopic (exact) mass is 278 g/mol. The van der Waals surface area contributed by atoms with Crippen LogP contribution in [0.2, 0.25) is 0 Å². The normalized spacial score (nSPS) is 10.4. The smallest absolute Gasteiger partial charge is 0.257 e. The number of hydrogen-bond acceptors (Lipinski definition) is 3. The van der Waals surface area contributed by atoms with Crippen LogP contribution < -0.4 is 15.8 Å². The maximum absolute atomic E-state index is 11.6. The second kappa shape index (κ2) is 8.59. The molecule has 0 atom stereocenters. The van der Waals surface area contributed by atoms with E-state index in [1.165, 1.54) is 5.56 Å².